The Morgan fingerprint density at radius 1 is 0.775 bits per heavy atom. The number of sulfonamides is 1. The van der Waals surface area contributed by atoms with Crippen molar-refractivity contribution in [3.63, 3.8) is 0 Å². The van der Waals surface area contributed by atoms with E-state index in [4.69, 9.17) is 0 Å². The van der Waals surface area contributed by atoms with Gasteiger partial charge >= 0.3 is 0 Å². The monoisotopic (exact) mass is 553 g/mol. The maximum Gasteiger partial charge on any atom is 0.253 e. The van der Waals surface area contributed by atoms with Gasteiger partial charge < -0.3 is 4.90 Å². The average Bonchev–Trinajstić information content (AvgIpc) is 2.97. The van der Waals surface area contributed by atoms with E-state index >= 15 is 0 Å². The third kappa shape index (κ3) is 6.43. The molecule has 6 nitrogen and oxygen atoms in total. The van der Waals surface area contributed by atoms with Crippen molar-refractivity contribution in [3.05, 3.63) is 137 Å². The van der Waals surface area contributed by atoms with Crippen molar-refractivity contribution in [3.8, 4) is 0 Å². The molecule has 0 bridgehead atoms. The zero-order chi connectivity index (χ0) is 28.1. The first-order valence-electron chi connectivity index (χ1n) is 13.6. The van der Waals surface area contributed by atoms with Crippen molar-refractivity contribution >= 4 is 21.6 Å². The van der Waals surface area contributed by atoms with Crippen molar-refractivity contribution < 1.29 is 13.2 Å². The molecule has 4 aromatic carbocycles. The van der Waals surface area contributed by atoms with Gasteiger partial charge in [0.2, 0.25) is 10.0 Å². The number of piperazine rings is 1. The predicted molar refractivity (Wildman–Crippen MR) is 161 cm³/mol. The molecule has 0 atom stereocenters. The molecule has 1 fully saturated rings. The van der Waals surface area contributed by atoms with Gasteiger partial charge in [-0.1, -0.05) is 84.9 Å². The van der Waals surface area contributed by atoms with Gasteiger partial charge in [0.1, 0.15) is 0 Å². The topological polar surface area (TPSA) is 60.9 Å². The Bertz CT molecular complexity index is 1490. The Morgan fingerprint density at radius 2 is 1.35 bits per heavy atom. The second-order valence-electron chi connectivity index (χ2n) is 10.4. The van der Waals surface area contributed by atoms with E-state index in [0.717, 1.165) is 24.2 Å². The largest absolute Gasteiger partial charge is 0.336 e. The van der Waals surface area contributed by atoms with Crippen LogP contribution in [0.3, 0.4) is 0 Å². The van der Waals surface area contributed by atoms with Crippen LogP contribution in [0, 0.1) is 6.92 Å². The third-order valence-corrected chi connectivity index (χ3v) is 8.55. The number of rotatable bonds is 8. The first-order chi connectivity index (χ1) is 19.3. The van der Waals surface area contributed by atoms with Gasteiger partial charge in [-0.25, -0.2) is 8.42 Å². The molecule has 5 rings (SSSR count). The molecule has 1 amide bonds. The predicted octanol–water partition coefficient (Wildman–Crippen LogP) is 5.51. The number of amides is 1. The maximum absolute atomic E-state index is 13.4. The van der Waals surface area contributed by atoms with Crippen molar-refractivity contribution in [2.24, 2.45) is 0 Å². The van der Waals surface area contributed by atoms with Gasteiger partial charge in [0, 0.05) is 31.7 Å². The summed E-state index contributed by atoms with van der Waals surface area (Å²) in [5.74, 6) is 0.000764. The summed E-state index contributed by atoms with van der Waals surface area (Å²) < 4.78 is 26.5. The highest BCUT2D eigenvalue weighted by atomic mass is 32.2. The summed E-state index contributed by atoms with van der Waals surface area (Å²) in [6, 6.07) is 35.9. The summed E-state index contributed by atoms with van der Waals surface area (Å²) in [5.41, 5.74) is 5.55. The molecular formula is C33H35N3O3S. The normalized spacial score (nSPS) is 14.3. The molecule has 0 saturated carbocycles. The Kier molecular flexibility index (Phi) is 8.33. The SMILES string of the molecule is Cc1cccc(N(Cc2ccc(C(=O)N3CCN(C(c4ccccc4)c4ccccc4)CC3)cc2)S(C)(=O)=O)c1. The number of hydrogen-bond donors (Lipinski definition) is 0. The lowest BCUT2D eigenvalue weighted by Crippen LogP contribution is -2.49. The minimum absolute atomic E-state index is 0.000764. The van der Waals surface area contributed by atoms with Gasteiger partial charge in [-0.05, 0) is 53.4 Å². The van der Waals surface area contributed by atoms with E-state index in [-0.39, 0.29) is 18.5 Å². The third-order valence-electron chi connectivity index (χ3n) is 7.41. The van der Waals surface area contributed by atoms with Crippen molar-refractivity contribution in [2.75, 3.05) is 36.7 Å². The van der Waals surface area contributed by atoms with E-state index in [9.17, 15) is 13.2 Å². The average molecular weight is 554 g/mol. The summed E-state index contributed by atoms with van der Waals surface area (Å²) >= 11 is 0. The number of carbonyl (C=O) groups is 1. The van der Waals surface area contributed by atoms with Crippen LogP contribution in [-0.2, 0) is 16.6 Å². The van der Waals surface area contributed by atoms with Crippen LogP contribution in [0.25, 0.3) is 0 Å². The second-order valence-corrected chi connectivity index (χ2v) is 12.3. The summed E-state index contributed by atoms with van der Waals surface area (Å²) in [6.45, 7) is 4.98. The highest BCUT2D eigenvalue weighted by molar-refractivity contribution is 7.92. The summed E-state index contributed by atoms with van der Waals surface area (Å²) in [6.07, 6.45) is 1.22. The summed E-state index contributed by atoms with van der Waals surface area (Å²) in [7, 11) is -3.48. The Balaban J connectivity index is 1.26. The highest BCUT2D eigenvalue weighted by Gasteiger charge is 2.28. The molecule has 0 unspecified atom stereocenters. The summed E-state index contributed by atoms with van der Waals surface area (Å²) in [5, 5.41) is 0. The van der Waals surface area contributed by atoms with Gasteiger partial charge in [0.15, 0.2) is 0 Å². The molecule has 0 spiro atoms. The smallest absolute Gasteiger partial charge is 0.253 e. The standard InChI is InChI=1S/C33H35N3O3S/c1-26-10-9-15-31(24-26)36(40(2,38)39)25-27-16-18-30(19-17-27)33(37)35-22-20-34(21-23-35)32(28-11-5-3-6-12-28)29-13-7-4-8-14-29/h3-19,24,32H,20-23,25H2,1-2H3. The molecule has 1 heterocycles. The molecule has 4 aromatic rings. The van der Waals surface area contributed by atoms with Crippen LogP contribution < -0.4 is 4.31 Å². The van der Waals surface area contributed by atoms with Crippen LogP contribution in [0.1, 0.15) is 38.7 Å². The van der Waals surface area contributed by atoms with E-state index in [2.05, 4.69) is 53.4 Å². The maximum atomic E-state index is 13.4. The quantitative estimate of drug-likeness (QED) is 0.289. The van der Waals surface area contributed by atoms with Gasteiger partial charge in [-0.15, -0.1) is 0 Å². The van der Waals surface area contributed by atoms with Crippen LogP contribution >= 0.6 is 0 Å². The minimum atomic E-state index is -3.48. The van der Waals surface area contributed by atoms with E-state index in [1.54, 1.807) is 18.2 Å². The number of carbonyl (C=O) groups excluding carboxylic acids is 1. The molecular weight excluding hydrogens is 518 g/mol. The number of aryl methyl sites for hydroxylation is 1. The zero-order valence-electron chi connectivity index (χ0n) is 23.0. The first-order valence-corrected chi connectivity index (χ1v) is 15.4. The van der Waals surface area contributed by atoms with Crippen LogP contribution in [0.15, 0.2) is 109 Å². The molecule has 1 aliphatic heterocycles. The molecule has 0 aliphatic carbocycles. The molecule has 0 aromatic heterocycles. The Morgan fingerprint density at radius 3 is 1.88 bits per heavy atom. The number of benzene rings is 4. The lowest BCUT2D eigenvalue weighted by Gasteiger charge is -2.39. The first kappa shape index (κ1) is 27.6. The van der Waals surface area contributed by atoms with Crippen LogP contribution in [0.4, 0.5) is 5.69 Å². The van der Waals surface area contributed by atoms with E-state index in [0.29, 0.717) is 24.3 Å². The van der Waals surface area contributed by atoms with Crippen LogP contribution in [0.5, 0.6) is 0 Å². The molecule has 7 heteroatoms. The number of hydrogen-bond acceptors (Lipinski definition) is 4. The molecule has 0 radical (unpaired) electrons. The highest BCUT2D eigenvalue weighted by Crippen LogP contribution is 2.30. The molecule has 1 aliphatic rings. The van der Waals surface area contributed by atoms with E-state index < -0.39 is 10.0 Å². The molecule has 40 heavy (non-hydrogen) atoms. The van der Waals surface area contributed by atoms with Crippen molar-refractivity contribution in [2.45, 2.75) is 19.5 Å². The molecule has 1 saturated heterocycles. The van der Waals surface area contributed by atoms with Crippen molar-refractivity contribution in [1.29, 1.82) is 0 Å². The van der Waals surface area contributed by atoms with Gasteiger partial charge in [0.05, 0.1) is 24.5 Å². The van der Waals surface area contributed by atoms with E-state index in [1.165, 1.54) is 21.7 Å². The lowest BCUT2D eigenvalue weighted by atomic mass is 9.96. The lowest BCUT2D eigenvalue weighted by molar-refractivity contribution is 0.0597. The van der Waals surface area contributed by atoms with Gasteiger partial charge in [0.25, 0.3) is 5.91 Å². The molecule has 206 valence electrons. The fraction of sp³-hybridized carbons (Fsp3) is 0.242. The van der Waals surface area contributed by atoms with Gasteiger partial charge in [-0.3, -0.25) is 14.0 Å². The van der Waals surface area contributed by atoms with Crippen LogP contribution in [-0.4, -0.2) is 56.6 Å². The fourth-order valence-electron chi connectivity index (χ4n) is 5.35. The minimum Gasteiger partial charge on any atom is -0.336 e. The van der Waals surface area contributed by atoms with E-state index in [1.807, 2.05) is 54.3 Å². The Hall–Kier alpha value is -3.94. The zero-order valence-corrected chi connectivity index (χ0v) is 23.8. The molecule has 0 N–H and O–H groups in total. The summed E-state index contributed by atoms with van der Waals surface area (Å²) in [4.78, 5) is 17.7. The fourth-order valence-corrected chi connectivity index (χ4v) is 6.23. The van der Waals surface area contributed by atoms with Crippen molar-refractivity contribution in [1.82, 2.24) is 9.80 Å². The van der Waals surface area contributed by atoms with Gasteiger partial charge in [-0.2, -0.15) is 0 Å². The number of nitrogens with zero attached hydrogens (tertiary/aromatic N) is 3. The van der Waals surface area contributed by atoms with Crippen LogP contribution in [0.2, 0.25) is 0 Å². The second kappa shape index (κ2) is 12.1. The number of anilines is 1. The Labute approximate surface area is 237 Å².